The van der Waals surface area contributed by atoms with Crippen LogP contribution in [0.2, 0.25) is 0 Å². The van der Waals surface area contributed by atoms with Gasteiger partial charge in [0.15, 0.2) is 0 Å². The number of aromatic nitrogens is 1. The molecule has 0 unspecified atom stereocenters. The molecule has 0 spiro atoms. The Morgan fingerprint density at radius 1 is 1.24 bits per heavy atom. The molecule has 0 bridgehead atoms. The van der Waals surface area contributed by atoms with Crippen molar-refractivity contribution >= 4 is 11.9 Å². The molecule has 1 fully saturated rings. The molecule has 0 saturated carbocycles. The monoisotopic (exact) mass is 295 g/mol. The smallest absolute Gasteiger partial charge is 0.410 e. The minimum absolute atomic E-state index is 0.300. The molecule has 1 aromatic heterocycles. The molecular weight excluding hydrogens is 273 g/mol. The number of hydrogen-bond donors (Lipinski definition) is 0. The molecule has 1 aliphatic heterocycles. The van der Waals surface area contributed by atoms with Gasteiger partial charge >= 0.3 is 6.09 Å². The molecule has 0 aromatic carbocycles. The number of aryl methyl sites for hydroxylation is 1. The summed E-state index contributed by atoms with van der Waals surface area (Å²) in [6, 6.07) is 3.26. The minimum atomic E-state index is -0.491. The molecule has 6 heteroatoms. The van der Waals surface area contributed by atoms with Crippen LogP contribution in [0.5, 0.6) is 0 Å². The summed E-state index contributed by atoms with van der Waals surface area (Å²) >= 11 is 0. The first-order valence-electron chi connectivity index (χ1n) is 7.12. The molecule has 116 valence electrons. The third-order valence-corrected chi connectivity index (χ3v) is 3.18. The molecular formula is C15H22FN3O2. The number of anilines is 1. The van der Waals surface area contributed by atoms with Crippen molar-refractivity contribution < 1.29 is 13.9 Å². The van der Waals surface area contributed by atoms with Crippen LogP contribution in [-0.4, -0.2) is 47.8 Å². The van der Waals surface area contributed by atoms with E-state index in [0.29, 0.717) is 32.0 Å². The normalized spacial score (nSPS) is 16.0. The number of carbonyl (C=O) groups is 1. The maximum absolute atomic E-state index is 13.4. The Balaban J connectivity index is 1.95. The van der Waals surface area contributed by atoms with Crippen molar-refractivity contribution in [3.8, 4) is 0 Å². The average molecular weight is 295 g/mol. The van der Waals surface area contributed by atoms with Gasteiger partial charge in [-0.2, -0.15) is 4.39 Å². The van der Waals surface area contributed by atoms with E-state index in [-0.39, 0.29) is 6.09 Å². The largest absolute Gasteiger partial charge is 0.444 e. The van der Waals surface area contributed by atoms with Crippen LogP contribution >= 0.6 is 0 Å². The topological polar surface area (TPSA) is 45.7 Å². The van der Waals surface area contributed by atoms with E-state index in [1.165, 1.54) is 6.07 Å². The second kappa shape index (κ2) is 5.87. The van der Waals surface area contributed by atoms with E-state index in [1.54, 1.807) is 4.90 Å². The molecule has 0 aliphatic carbocycles. The summed E-state index contributed by atoms with van der Waals surface area (Å²) < 4.78 is 18.7. The first kappa shape index (κ1) is 15.5. The number of amides is 1. The molecule has 2 heterocycles. The van der Waals surface area contributed by atoms with Gasteiger partial charge in [-0.05, 0) is 45.4 Å². The lowest BCUT2D eigenvalue weighted by molar-refractivity contribution is 0.0240. The number of nitrogens with zero attached hydrogens (tertiary/aromatic N) is 3. The Kier molecular flexibility index (Phi) is 4.34. The zero-order valence-electron chi connectivity index (χ0n) is 13.0. The van der Waals surface area contributed by atoms with E-state index < -0.39 is 11.5 Å². The highest BCUT2D eigenvalue weighted by molar-refractivity contribution is 5.68. The molecule has 5 nitrogen and oxygen atoms in total. The molecule has 1 aliphatic rings. The number of carbonyl (C=O) groups excluding carboxylic acids is 1. The Morgan fingerprint density at radius 3 is 2.38 bits per heavy atom. The number of piperazine rings is 1. The van der Waals surface area contributed by atoms with Crippen LogP contribution in [0.15, 0.2) is 12.1 Å². The number of pyridine rings is 1. The summed E-state index contributed by atoms with van der Waals surface area (Å²) in [5.41, 5.74) is 0.349. The van der Waals surface area contributed by atoms with Gasteiger partial charge in [0.2, 0.25) is 5.95 Å². The summed E-state index contributed by atoms with van der Waals surface area (Å²) in [5, 5.41) is 0. The minimum Gasteiger partial charge on any atom is -0.444 e. The van der Waals surface area contributed by atoms with E-state index in [9.17, 15) is 9.18 Å². The number of rotatable bonds is 1. The van der Waals surface area contributed by atoms with Crippen LogP contribution in [0, 0.1) is 12.9 Å². The van der Waals surface area contributed by atoms with E-state index in [1.807, 2.05) is 38.7 Å². The fourth-order valence-corrected chi connectivity index (χ4v) is 2.21. The average Bonchev–Trinajstić information content (AvgIpc) is 2.35. The van der Waals surface area contributed by atoms with Gasteiger partial charge in [-0.3, -0.25) is 0 Å². The summed E-state index contributed by atoms with van der Waals surface area (Å²) in [4.78, 5) is 19.5. The third kappa shape index (κ3) is 4.31. The van der Waals surface area contributed by atoms with Crippen molar-refractivity contribution in [3.63, 3.8) is 0 Å². The zero-order valence-corrected chi connectivity index (χ0v) is 13.0. The first-order valence-corrected chi connectivity index (χ1v) is 7.12. The van der Waals surface area contributed by atoms with Crippen molar-refractivity contribution in [2.45, 2.75) is 33.3 Å². The van der Waals surface area contributed by atoms with Gasteiger partial charge < -0.3 is 14.5 Å². The Hall–Kier alpha value is -1.85. The van der Waals surface area contributed by atoms with Gasteiger partial charge in [0.05, 0.1) is 0 Å². The van der Waals surface area contributed by atoms with Gasteiger partial charge in [-0.15, -0.1) is 0 Å². The van der Waals surface area contributed by atoms with Crippen molar-refractivity contribution in [3.05, 3.63) is 23.6 Å². The molecule has 1 amide bonds. The maximum atomic E-state index is 13.4. The fourth-order valence-electron chi connectivity index (χ4n) is 2.21. The van der Waals surface area contributed by atoms with Crippen LogP contribution in [-0.2, 0) is 4.74 Å². The molecule has 0 N–H and O–H groups in total. The van der Waals surface area contributed by atoms with Gasteiger partial charge in [-0.25, -0.2) is 9.78 Å². The van der Waals surface area contributed by atoms with E-state index >= 15 is 0 Å². The highest BCUT2D eigenvalue weighted by Gasteiger charge is 2.26. The maximum Gasteiger partial charge on any atom is 0.410 e. The number of ether oxygens (including phenoxy) is 1. The molecule has 0 radical (unpaired) electrons. The quantitative estimate of drug-likeness (QED) is 0.747. The Bertz CT molecular complexity index is 500. The van der Waals surface area contributed by atoms with Crippen LogP contribution in [0.1, 0.15) is 26.3 Å². The molecule has 1 aromatic rings. The standard InChI is InChI=1S/C15H22FN3O2/c1-11-9-12(16)17-13(10-11)18-5-7-19(8-6-18)14(20)21-15(2,3)4/h9-10H,5-8H2,1-4H3. The second-order valence-corrected chi connectivity index (χ2v) is 6.28. The third-order valence-electron chi connectivity index (χ3n) is 3.18. The van der Waals surface area contributed by atoms with Crippen molar-refractivity contribution in [1.82, 2.24) is 9.88 Å². The van der Waals surface area contributed by atoms with Gasteiger partial charge in [0.1, 0.15) is 11.4 Å². The van der Waals surface area contributed by atoms with Crippen LogP contribution < -0.4 is 4.90 Å². The summed E-state index contributed by atoms with van der Waals surface area (Å²) in [6.45, 7) is 9.72. The lowest BCUT2D eigenvalue weighted by Gasteiger charge is -2.36. The van der Waals surface area contributed by atoms with E-state index in [4.69, 9.17) is 4.74 Å². The first-order chi connectivity index (χ1) is 9.74. The molecule has 0 atom stereocenters. The van der Waals surface area contributed by atoms with Crippen molar-refractivity contribution in [2.75, 3.05) is 31.1 Å². The zero-order chi connectivity index (χ0) is 15.6. The SMILES string of the molecule is Cc1cc(F)nc(N2CCN(C(=O)OC(C)(C)C)CC2)c1. The predicted molar refractivity (Wildman–Crippen MR) is 79.0 cm³/mol. The fraction of sp³-hybridized carbons (Fsp3) is 0.600. The predicted octanol–water partition coefficient (Wildman–Crippen LogP) is 2.59. The number of halogens is 1. The molecule has 2 rings (SSSR count). The number of hydrogen-bond acceptors (Lipinski definition) is 4. The lowest BCUT2D eigenvalue weighted by Crippen LogP contribution is -2.50. The van der Waals surface area contributed by atoms with Crippen molar-refractivity contribution in [1.29, 1.82) is 0 Å². The summed E-state index contributed by atoms with van der Waals surface area (Å²) in [5.74, 6) is 0.149. The lowest BCUT2D eigenvalue weighted by atomic mass is 10.2. The van der Waals surface area contributed by atoms with Gasteiger partial charge in [0, 0.05) is 26.2 Å². The van der Waals surface area contributed by atoms with Gasteiger partial charge in [0.25, 0.3) is 0 Å². The van der Waals surface area contributed by atoms with E-state index in [2.05, 4.69) is 4.98 Å². The van der Waals surface area contributed by atoms with E-state index in [0.717, 1.165) is 5.56 Å². The van der Waals surface area contributed by atoms with Gasteiger partial charge in [-0.1, -0.05) is 0 Å². The molecule has 21 heavy (non-hydrogen) atoms. The highest BCUT2D eigenvalue weighted by Crippen LogP contribution is 2.17. The van der Waals surface area contributed by atoms with Crippen LogP contribution in [0.4, 0.5) is 15.0 Å². The molecule has 1 saturated heterocycles. The van der Waals surface area contributed by atoms with Crippen LogP contribution in [0.25, 0.3) is 0 Å². The Labute approximate surface area is 124 Å². The van der Waals surface area contributed by atoms with Crippen molar-refractivity contribution in [2.24, 2.45) is 0 Å². The highest BCUT2D eigenvalue weighted by atomic mass is 19.1. The summed E-state index contributed by atoms with van der Waals surface area (Å²) in [7, 11) is 0. The summed E-state index contributed by atoms with van der Waals surface area (Å²) in [6.07, 6.45) is -0.300. The van der Waals surface area contributed by atoms with Crippen LogP contribution in [0.3, 0.4) is 0 Å². The second-order valence-electron chi connectivity index (χ2n) is 6.28. The Morgan fingerprint density at radius 2 is 1.86 bits per heavy atom.